The van der Waals surface area contributed by atoms with Gasteiger partial charge in [-0.3, -0.25) is 4.79 Å². The highest BCUT2D eigenvalue weighted by molar-refractivity contribution is 6.03. The van der Waals surface area contributed by atoms with Gasteiger partial charge in [0.15, 0.2) is 0 Å². The molecule has 0 fully saturated rings. The monoisotopic (exact) mass is 250 g/mol. The number of para-hydroxylation sites is 2. The maximum atomic E-state index is 12.1. The van der Waals surface area contributed by atoms with Gasteiger partial charge in [0.05, 0.1) is 17.4 Å². The number of anilines is 2. The fourth-order valence-electron chi connectivity index (χ4n) is 2.22. The van der Waals surface area contributed by atoms with Gasteiger partial charge in [-0.2, -0.15) is 0 Å². The van der Waals surface area contributed by atoms with Crippen molar-refractivity contribution in [2.24, 2.45) is 0 Å². The molecule has 1 aliphatic heterocycles. The molecule has 1 amide bonds. The van der Waals surface area contributed by atoms with Gasteiger partial charge >= 0.3 is 0 Å². The van der Waals surface area contributed by atoms with E-state index in [1.165, 1.54) is 0 Å². The Morgan fingerprint density at radius 1 is 1.05 bits per heavy atom. The molecule has 2 radical (unpaired) electrons. The summed E-state index contributed by atoms with van der Waals surface area (Å²) in [6.07, 6.45) is 2.97. The summed E-state index contributed by atoms with van der Waals surface area (Å²) in [5.41, 5.74) is 2.84. The summed E-state index contributed by atoms with van der Waals surface area (Å²) in [4.78, 5) is 13.8. The minimum atomic E-state index is -0.222. The van der Waals surface area contributed by atoms with Crippen LogP contribution in [-0.2, 0) is 4.79 Å². The standard InChI is InChI=1S/C16H14N2O/c1-18-15-10-6-5-9-13(15)17-14(11-16(18)19)12-7-3-2-4-8-12/h2-10,14,17H,1H3. The molecule has 0 saturated carbocycles. The molecule has 0 spiro atoms. The first-order valence-corrected chi connectivity index (χ1v) is 6.20. The van der Waals surface area contributed by atoms with Crippen LogP contribution < -0.4 is 10.2 Å². The van der Waals surface area contributed by atoms with Crippen molar-refractivity contribution in [2.45, 2.75) is 6.04 Å². The molecule has 0 aromatic heterocycles. The molecule has 0 saturated heterocycles. The van der Waals surface area contributed by atoms with Gasteiger partial charge in [-0.25, -0.2) is 0 Å². The zero-order chi connectivity index (χ0) is 13.2. The van der Waals surface area contributed by atoms with Crippen LogP contribution in [0.5, 0.6) is 0 Å². The summed E-state index contributed by atoms with van der Waals surface area (Å²) in [5.74, 6) is -0.119. The van der Waals surface area contributed by atoms with E-state index in [9.17, 15) is 4.79 Å². The second-order valence-electron chi connectivity index (χ2n) is 4.51. The van der Waals surface area contributed by atoms with E-state index in [1.54, 1.807) is 11.9 Å². The zero-order valence-electron chi connectivity index (χ0n) is 10.6. The smallest absolute Gasteiger partial charge is 0.237 e. The van der Waals surface area contributed by atoms with Crippen molar-refractivity contribution in [1.29, 1.82) is 0 Å². The Hall–Kier alpha value is -2.29. The van der Waals surface area contributed by atoms with Crippen LogP contribution in [0.3, 0.4) is 0 Å². The van der Waals surface area contributed by atoms with Crippen LogP contribution in [0.25, 0.3) is 0 Å². The Morgan fingerprint density at radius 2 is 1.74 bits per heavy atom. The van der Waals surface area contributed by atoms with E-state index in [0.29, 0.717) is 0 Å². The number of rotatable bonds is 1. The van der Waals surface area contributed by atoms with Gasteiger partial charge in [0.2, 0.25) is 5.91 Å². The summed E-state index contributed by atoms with van der Waals surface area (Å²) in [6, 6.07) is 17.4. The first kappa shape index (κ1) is 11.8. The third-order valence-corrected chi connectivity index (χ3v) is 3.27. The van der Waals surface area contributed by atoms with Crippen molar-refractivity contribution in [3.8, 4) is 0 Å². The van der Waals surface area contributed by atoms with Crippen molar-refractivity contribution in [3.05, 3.63) is 66.6 Å². The highest BCUT2D eigenvalue weighted by Crippen LogP contribution is 2.33. The maximum Gasteiger partial charge on any atom is 0.237 e. The summed E-state index contributed by atoms with van der Waals surface area (Å²) in [6.45, 7) is 0. The van der Waals surface area contributed by atoms with Crippen LogP contribution in [0, 0.1) is 6.42 Å². The van der Waals surface area contributed by atoms with E-state index in [0.717, 1.165) is 16.9 Å². The Bertz CT molecular complexity index is 595. The average molecular weight is 250 g/mol. The number of benzene rings is 2. The topological polar surface area (TPSA) is 32.3 Å². The number of nitrogens with zero attached hydrogens (tertiary/aromatic N) is 1. The van der Waals surface area contributed by atoms with Gasteiger partial charge in [-0.05, 0) is 17.7 Å². The van der Waals surface area contributed by atoms with Gasteiger partial charge < -0.3 is 10.2 Å². The molecule has 2 aromatic carbocycles. The minimum Gasteiger partial charge on any atom is -0.375 e. The average Bonchev–Trinajstić information content (AvgIpc) is 2.58. The predicted octanol–water partition coefficient (Wildman–Crippen LogP) is 2.90. The molecule has 1 N–H and O–H groups in total. The lowest BCUT2D eigenvalue weighted by Gasteiger charge is -2.16. The Balaban J connectivity index is 2.02. The number of amides is 1. The number of hydrogen-bond acceptors (Lipinski definition) is 2. The normalized spacial score (nSPS) is 18.5. The van der Waals surface area contributed by atoms with E-state index in [4.69, 9.17) is 0 Å². The van der Waals surface area contributed by atoms with E-state index in [2.05, 4.69) is 11.7 Å². The van der Waals surface area contributed by atoms with E-state index >= 15 is 0 Å². The van der Waals surface area contributed by atoms with E-state index in [1.807, 2.05) is 54.6 Å². The second-order valence-corrected chi connectivity index (χ2v) is 4.51. The quantitative estimate of drug-likeness (QED) is 0.844. The molecule has 19 heavy (non-hydrogen) atoms. The predicted molar refractivity (Wildman–Crippen MR) is 75.9 cm³/mol. The molecule has 1 aliphatic rings. The van der Waals surface area contributed by atoms with Crippen molar-refractivity contribution in [3.63, 3.8) is 0 Å². The Morgan fingerprint density at radius 3 is 2.53 bits per heavy atom. The Kier molecular flexibility index (Phi) is 2.95. The number of carbonyl (C=O) groups excluding carboxylic acids is 1. The number of hydrogen-bond donors (Lipinski definition) is 1. The second kappa shape index (κ2) is 4.76. The van der Waals surface area contributed by atoms with Crippen molar-refractivity contribution in [2.75, 3.05) is 17.3 Å². The Labute approximate surface area is 112 Å². The third kappa shape index (κ3) is 2.19. The minimum absolute atomic E-state index is 0.119. The van der Waals surface area contributed by atoms with Crippen LogP contribution in [0.15, 0.2) is 54.6 Å². The molecule has 2 aromatic rings. The van der Waals surface area contributed by atoms with E-state index < -0.39 is 0 Å². The SMILES string of the molecule is CN1C(=O)[C]C(c2ccccc2)Nc2ccccc21. The maximum absolute atomic E-state index is 12.1. The first-order chi connectivity index (χ1) is 9.25. The highest BCUT2D eigenvalue weighted by atomic mass is 16.2. The molecule has 3 rings (SSSR count). The molecule has 94 valence electrons. The highest BCUT2D eigenvalue weighted by Gasteiger charge is 2.26. The lowest BCUT2D eigenvalue weighted by Crippen LogP contribution is -2.26. The molecule has 0 bridgehead atoms. The molecule has 3 nitrogen and oxygen atoms in total. The summed E-state index contributed by atoms with van der Waals surface area (Å²) in [5, 5.41) is 3.36. The van der Waals surface area contributed by atoms with Gasteiger partial charge in [0, 0.05) is 7.05 Å². The van der Waals surface area contributed by atoms with Gasteiger partial charge in [0.25, 0.3) is 0 Å². The van der Waals surface area contributed by atoms with Crippen LogP contribution >= 0.6 is 0 Å². The fraction of sp³-hybridized carbons (Fsp3) is 0.125. The van der Waals surface area contributed by atoms with Gasteiger partial charge in [-0.1, -0.05) is 42.5 Å². The van der Waals surface area contributed by atoms with Gasteiger partial charge in [-0.15, -0.1) is 0 Å². The lowest BCUT2D eigenvalue weighted by molar-refractivity contribution is -0.115. The van der Waals surface area contributed by atoms with E-state index in [-0.39, 0.29) is 11.9 Å². The van der Waals surface area contributed by atoms with Crippen molar-refractivity contribution >= 4 is 17.3 Å². The van der Waals surface area contributed by atoms with Crippen molar-refractivity contribution in [1.82, 2.24) is 0 Å². The number of carbonyl (C=O) groups is 1. The fourth-order valence-corrected chi connectivity index (χ4v) is 2.22. The molecule has 3 heteroatoms. The molecule has 1 heterocycles. The van der Waals surface area contributed by atoms with Crippen LogP contribution in [-0.4, -0.2) is 13.0 Å². The summed E-state index contributed by atoms with van der Waals surface area (Å²) in [7, 11) is 1.77. The molecular formula is C16H14N2O. The molecule has 0 aliphatic carbocycles. The van der Waals surface area contributed by atoms with Gasteiger partial charge in [0.1, 0.15) is 6.42 Å². The van der Waals surface area contributed by atoms with Crippen molar-refractivity contribution < 1.29 is 4.79 Å². The third-order valence-electron chi connectivity index (χ3n) is 3.27. The summed E-state index contributed by atoms with van der Waals surface area (Å²) < 4.78 is 0. The zero-order valence-corrected chi connectivity index (χ0v) is 10.6. The van der Waals surface area contributed by atoms with Crippen LogP contribution in [0.2, 0.25) is 0 Å². The van der Waals surface area contributed by atoms with Crippen LogP contribution in [0.1, 0.15) is 11.6 Å². The largest absolute Gasteiger partial charge is 0.375 e. The van der Waals surface area contributed by atoms with Crippen LogP contribution in [0.4, 0.5) is 11.4 Å². The molecule has 1 atom stereocenters. The lowest BCUT2D eigenvalue weighted by atomic mass is 10.0. The summed E-state index contributed by atoms with van der Waals surface area (Å²) >= 11 is 0. The first-order valence-electron chi connectivity index (χ1n) is 6.20. The number of fused-ring (bicyclic) bond motifs is 1. The molecule has 1 unspecified atom stereocenters. The number of nitrogens with one attached hydrogen (secondary N) is 1. The molecular weight excluding hydrogens is 236 g/mol.